The van der Waals surface area contributed by atoms with Gasteiger partial charge >= 0.3 is 0 Å². The number of anilines is 1. The molecule has 0 aromatic carbocycles. The Hall–Kier alpha value is -1.13. The van der Waals surface area contributed by atoms with Gasteiger partial charge in [-0.3, -0.25) is 4.90 Å². The van der Waals surface area contributed by atoms with Gasteiger partial charge in [-0.1, -0.05) is 26.8 Å². The Bertz CT molecular complexity index is 377. The fourth-order valence-electron chi connectivity index (χ4n) is 2.85. The predicted molar refractivity (Wildman–Crippen MR) is 80.3 cm³/mol. The van der Waals surface area contributed by atoms with Gasteiger partial charge in [0.05, 0.1) is 0 Å². The summed E-state index contributed by atoms with van der Waals surface area (Å²) >= 11 is 0. The van der Waals surface area contributed by atoms with E-state index >= 15 is 0 Å². The van der Waals surface area contributed by atoms with Crippen LogP contribution in [0.4, 0.5) is 5.82 Å². The zero-order chi connectivity index (χ0) is 13.9. The normalized spacial score (nSPS) is 19.5. The van der Waals surface area contributed by atoms with E-state index in [4.69, 9.17) is 5.73 Å². The number of hydrogen-bond donors (Lipinski definition) is 1. The Balaban J connectivity index is 1.96. The van der Waals surface area contributed by atoms with Crippen molar-refractivity contribution in [3.8, 4) is 0 Å². The standard InChI is InChI=1S/C15H26N4/c1-15(2,3)13(12-16)18-8-10-19(11-9-18)14-6-4-5-7-17-14/h4-7,13H,8-12,16H2,1-3H3. The van der Waals surface area contributed by atoms with Crippen LogP contribution in [0, 0.1) is 5.41 Å². The molecule has 1 aromatic heterocycles. The summed E-state index contributed by atoms with van der Waals surface area (Å²) < 4.78 is 0. The van der Waals surface area contributed by atoms with Crippen molar-refractivity contribution in [2.75, 3.05) is 37.6 Å². The maximum Gasteiger partial charge on any atom is 0.128 e. The minimum absolute atomic E-state index is 0.238. The molecule has 106 valence electrons. The molecule has 4 nitrogen and oxygen atoms in total. The van der Waals surface area contributed by atoms with E-state index in [1.807, 2.05) is 18.3 Å². The van der Waals surface area contributed by atoms with E-state index in [1.54, 1.807) is 0 Å². The van der Waals surface area contributed by atoms with Crippen molar-refractivity contribution >= 4 is 5.82 Å². The molecule has 2 N–H and O–H groups in total. The number of hydrogen-bond acceptors (Lipinski definition) is 4. The maximum absolute atomic E-state index is 5.97. The van der Waals surface area contributed by atoms with Gasteiger partial charge in [0.15, 0.2) is 0 Å². The molecule has 0 radical (unpaired) electrons. The lowest BCUT2D eigenvalue weighted by Gasteiger charge is -2.44. The number of aromatic nitrogens is 1. The van der Waals surface area contributed by atoms with Gasteiger partial charge in [0.2, 0.25) is 0 Å². The molecule has 4 heteroatoms. The van der Waals surface area contributed by atoms with Crippen LogP contribution in [-0.2, 0) is 0 Å². The summed E-state index contributed by atoms with van der Waals surface area (Å²) in [6, 6.07) is 6.55. The zero-order valence-electron chi connectivity index (χ0n) is 12.3. The topological polar surface area (TPSA) is 45.4 Å². The highest BCUT2D eigenvalue weighted by Crippen LogP contribution is 2.25. The third-order valence-electron chi connectivity index (χ3n) is 3.95. The molecular weight excluding hydrogens is 236 g/mol. The van der Waals surface area contributed by atoms with Gasteiger partial charge in [-0.2, -0.15) is 0 Å². The summed E-state index contributed by atoms with van der Waals surface area (Å²) in [5.41, 5.74) is 6.21. The van der Waals surface area contributed by atoms with E-state index in [0.29, 0.717) is 6.04 Å². The van der Waals surface area contributed by atoms with E-state index in [-0.39, 0.29) is 5.41 Å². The van der Waals surface area contributed by atoms with Crippen LogP contribution >= 0.6 is 0 Å². The lowest BCUT2D eigenvalue weighted by Crippen LogP contribution is -2.56. The molecule has 0 bridgehead atoms. The monoisotopic (exact) mass is 262 g/mol. The highest BCUT2D eigenvalue weighted by atomic mass is 15.3. The second-order valence-electron chi connectivity index (χ2n) is 6.33. The van der Waals surface area contributed by atoms with Crippen molar-refractivity contribution in [3.05, 3.63) is 24.4 Å². The van der Waals surface area contributed by atoms with Gasteiger partial charge in [0.1, 0.15) is 5.82 Å². The van der Waals surface area contributed by atoms with Crippen LogP contribution in [0.25, 0.3) is 0 Å². The molecule has 0 saturated carbocycles. The lowest BCUT2D eigenvalue weighted by atomic mass is 9.85. The van der Waals surface area contributed by atoms with E-state index in [9.17, 15) is 0 Å². The Morgan fingerprint density at radius 3 is 2.37 bits per heavy atom. The van der Waals surface area contributed by atoms with Gasteiger partial charge in [-0.25, -0.2) is 4.98 Å². The molecule has 1 aliphatic heterocycles. The third kappa shape index (κ3) is 3.45. The highest BCUT2D eigenvalue weighted by Gasteiger charge is 2.31. The number of nitrogens with two attached hydrogens (primary N) is 1. The number of nitrogens with zero attached hydrogens (tertiary/aromatic N) is 3. The summed E-state index contributed by atoms with van der Waals surface area (Å²) in [5, 5.41) is 0. The first-order valence-electron chi connectivity index (χ1n) is 7.12. The van der Waals surface area contributed by atoms with Crippen LogP contribution in [0.1, 0.15) is 20.8 Å². The van der Waals surface area contributed by atoms with Crippen LogP contribution in [-0.4, -0.2) is 48.6 Å². The minimum atomic E-state index is 0.238. The first kappa shape index (κ1) is 14.3. The smallest absolute Gasteiger partial charge is 0.128 e. The van der Waals surface area contributed by atoms with E-state index in [1.165, 1.54) is 0 Å². The summed E-state index contributed by atoms with van der Waals surface area (Å²) in [6.45, 7) is 11.7. The summed E-state index contributed by atoms with van der Waals surface area (Å²) in [6.07, 6.45) is 1.86. The molecule has 1 aromatic rings. The molecule has 2 rings (SSSR count). The van der Waals surface area contributed by atoms with Crippen molar-refractivity contribution in [1.29, 1.82) is 0 Å². The number of piperazine rings is 1. The molecule has 1 unspecified atom stereocenters. The summed E-state index contributed by atoms with van der Waals surface area (Å²) in [4.78, 5) is 9.31. The second kappa shape index (κ2) is 5.88. The number of pyridine rings is 1. The van der Waals surface area contributed by atoms with Crippen molar-refractivity contribution in [1.82, 2.24) is 9.88 Å². The molecule has 0 aliphatic carbocycles. The van der Waals surface area contributed by atoms with Gasteiger partial charge in [-0.05, 0) is 17.5 Å². The average Bonchev–Trinajstić information content (AvgIpc) is 2.40. The summed E-state index contributed by atoms with van der Waals surface area (Å²) in [7, 11) is 0. The molecule has 1 saturated heterocycles. The van der Waals surface area contributed by atoms with Crippen LogP contribution in [0.2, 0.25) is 0 Å². The van der Waals surface area contributed by atoms with Crippen molar-refractivity contribution in [2.24, 2.45) is 11.1 Å². The van der Waals surface area contributed by atoms with E-state index in [2.05, 4.69) is 41.6 Å². The Kier molecular flexibility index (Phi) is 4.42. The SMILES string of the molecule is CC(C)(C)C(CN)N1CCN(c2ccccn2)CC1. The van der Waals surface area contributed by atoms with Gasteiger partial charge in [0.25, 0.3) is 0 Å². The van der Waals surface area contributed by atoms with Gasteiger partial charge < -0.3 is 10.6 Å². The first-order valence-corrected chi connectivity index (χ1v) is 7.12. The van der Waals surface area contributed by atoms with Crippen molar-refractivity contribution in [3.63, 3.8) is 0 Å². The molecule has 0 amide bonds. The molecule has 19 heavy (non-hydrogen) atoms. The molecule has 1 fully saturated rings. The molecule has 2 heterocycles. The van der Waals surface area contributed by atoms with E-state index < -0.39 is 0 Å². The van der Waals surface area contributed by atoms with Gasteiger partial charge in [0, 0.05) is 45.0 Å². The average molecular weight is 262 g/mol. The van der Waals surface area contributed by atoms with Crippen LogP contribution < -0.4 is 10.6 Å². The zero-order valence-corrected chi connectivity index (χ0v) is 12.3. The Morgan fingerprint density at radius 1 is 1.21 bits per heavy atom. The van der Waals surface area contributed by atoms with Gasteiger partial charge in [-0.15, -0.1) is 0 Å². The van der Waals surface area contributed by atoms with E-state index in [0.717, 1.165) is 38.5 Å². The molecule has 0 spiro atoms. The van der Waals surface area contributed by atoms with Crippen LogP contribution in [0.5, 0.6) is 0 Å². The fourth-order valence-corrected chi connectivity index (χ4v) is 2.85. The highest BCUT2D eigenvalue weighted by molar-refractivity contribution is 5.38. The van der Waals surface area contributed by atoms with Crippen LogP contribution in [0.15, 0.2) is 24.4 Å². The second-order valence-corrected chi connectivity index (χ2v) is 6.33. The molecule has 1 atom stereocenters. The molecular formula is C15H26N4. The fraction of sp³-hybridized carbons (Fsp3) is 0.667. The first-order chi connectivity index (χ1) is 9.02. The third-order valence-corrected chi connectivity index (χ3v) is 3.95. The minimum Gasteiger partial charge on any atom is -0.354 e. The lowest BCUT2D eigenvalue weighted by molar-refractivity contribution is 0.0985. The predicted octanol–water partition coefficient (Wildman–Crippen LogP) is 1.58. The van der Waals surface area contributed by atoms with Crippen molar-refractivity contribution in [2.45, 2.75) is 26.8 Å². The molecule has 1 aliphatic rings. The quantitative estimate of drug-likeness (QED) is 0.898. The largest absolute Gasteiger partial charge is 0.354 e. The Labute approximate surface area is 116 Å². The Morgan fingerprint density at radius 2 is 1.89 bits per heavy atom. The summed E-state index contributed by atoms with van der Waals surface area (Å²) in [5.74, 6) is 1.09. The number of rotatable bonds is 3. The van der Waals surface area contributed by atoms with Crippen molar-refractivity contribution < 1.29 is 0 Å². The maximum atomic E-state index is 5.97. The van der Waals surface area contributed by atoms with Crippen LogP contribution in [0.3, 0.4) is 0 Å².